The van der Waals surface area contributed by atoms with E-state index in [1.54, 1.807) is 13.0 Å². The molecule has 5 heteroatoms. The van der Waals surface area contributed by atoms with Gasteiger partial charge >= 0.3 is 5.97 Å². The first-order chi connectivity index (χ1) is 10.00. The average Bonchev–Trinajstić information content (AvgIpc) is 2.36. The van der Waals surface area contributed by atoms with Gasteiger partial charge in [-0.2, -0.15) is 0 Å². The third-order valence-corrected chi connectivity index (χ3v) is 3.99. The van der Waals surface area contributed by atoms with Gasteiger partial charge in [0, 0.05) is 5.56 Å². The first kappa shape index (κ1) is 18.7. The number of aliphatic hydroxyl groups is 1. The van der Waals surface area contributed by atoms with Crippen molar-refractivity contribution in [2.45, 2.75) is 58.7 Å². The molecule has 1 unspecified atom stereocenters. The molecular formula is C17H27O4Si. The second kappa shape index (κ2) is 6.83. The molecular weight excluding hydrogens is 296 g/mol. The Balaban J connectivity index is 3.37. The van der Waals surface area contributed by atoms with Gasteiger partial charge in [-0.25, -0.2) is 4.79 Å². The molecule has 0 aliphatic rings. The average molecular weight is 323 g/mol. The van der Waals surface area contributed by atoms with Gasteiger partial charge in [-0.1, -0.05) is 32.9 Å². The van der Waals surface area contributed by atoms with Crippen molar-refractivity contribution in [1.29, 1.82) is 0 Å². The summed E-state index contributed by atoms with van der Waals surface area (Å²) in [6.45, 7) is 13.7. The molecule has 0 fully saturated rings. The smallest absolute Gasteiger partial charge is 0.342 e. The minimum Gasteiger partial charge on any atom is -0.542 e. The van der Waals surface area contributed by atoms with Crippen LogP contribution in [0.15, 0.2) is 18.2 Å². The van der Waals surface area contributed by atoms with E-state index in [0.717, 1.165) is 5.56 Å². The highest BCUT2D eigenvalue weighted by Gasteiger charge is 2.37. The summed E-state index contributed by atoms with van der Waals surface area (Å²) in [5.74, 6) is -0.103. The molecule has 0 aliphatic carbocycles. The van der Waals surface area contributed by atoms with Crippen LogP contribution in [0.3, 0.4) is 0 Å². The monoisotopic (exact) mass is 323 g/mol. The van der Waals surface area contributed by atoms with E-state index in [9.17, 15) is 9.90 Å². The van der Waals surface area contributed by atoms with Crippen LogP contribution in [0.1, 0.15) is 45.7 Å². The molecule has 4 nitrogen and oxygen atoms in total. The van der Waals surface area contributed by atoms with Crippen LogP contribution < -0.4 is 4.43 Å². The molecule has 1 N–H and O–H groups in total. The number of carbonyl (C=O) groups is 1. The van der Waals surface area contributed by atoms with Crippen molar-refractivity contribution in [2.24, 2.45) is 0 Å². The number of hydrogen-bond acceptors (Lipinski definition) is 4. The molecule has 0 amide bonds. The lowest BCUT2D eigenvalue weighted by atomic mass is 9.84. The molecule has 0 aliphatic heterocycles. The van der Waals surface area contributed by atoms with Crippen molar-refractivity contribution in [2.75, 3.05) is 6.61 Å². The van der Waals surface area contributed by atoms with Crippen molar-refractivity contribution in [1.82, 2.24) is 0 Å². The Hall–Kier alpha value is -1.33. The summed E-state index contributed by atoms with van der Waals surface area (Å²) in [5, 5.41) is 10.6. The fourth-order valence-corrected chi connectivity index (χ4v) is 2.69. The van der Waals surface area contributed by atoms with Gasteiger partial charge in [-0.15, -0.1) is 0 Å². The summed E-state index contributed by atoms with van der Waals surface area (Å²) in [7, 11) is -1.03. The van der Waals surface area contributed by atoms with Crippen molar-refractivity contribution < 1.29 is 19.1 Å². The fraction of sp³-hybridized carbons (Fsp3) is 0.588. The number of hydrogen-bond donors (Lipinski definition) is 1. The molecule has 1 aromatic carbocycles. The van der Waals surface area contributed by atoms with E-state index in [1.807, 2.05) is 25.2 Å². The van der Waals surface area contributed by atoms with Crippen LogP contribution in [0.5, 0.6) is 5.75 Å². The zero-order valence-corrected chi connectivity index (χ0v) is 15.6. The fourth-order valence-electron chi connectivity index (χ4n) is 2.08. The van der Waals surface area contributed by atoms with E-state index in [2.05, 4.69) is 20.8 Å². The van der Waals surface area contributed by atoms with E-state index in [4.69, 9.17) is 9.16 Å². The second-order valence-electron chi connectivity index (χ2n) is 6.76. The first-order valence-corrected chi connectivity index (χ1v) is 9.93. The maximum Gasteiger partial charge on any atom is 0.342 e. The highest BCUT2D eigenvalue weighted by molar-refractivity contribution is 6.49. The second-order valence-corrected chi connectivity index (χ2v) is 8.78. The normalized spacial score (nSPS) is 14.6. The van der Waals surface area contributed by atoms with Gasteiger partial charge in [-0.05, 0) is 44.0 Å². The van der Waals surface area contributed by atoms with Gasteiger partial charge < -0.3 is 14.3 Å². The SMILES string of the molecule is CCOC(=O)C(C)(O)c1ccc(C(C)(C)C)cc1O[Si](C)C. The van der Waals surface area contributed by atoms with Crippen molar-refractivity contribution >= 4 is 15.0 Å². The lowest BCUT2D eigenvalue weighted by molar-refractivity contribution is -0.164. The lowest BCUT2D eigenvalue weighted by Crippen LogP contribution is -2.35. The van der Waals surface area contributed by atoms with E-state index in [-0.39, 0.29) is 12.0 Å². The molecule has 0 aromatic heterocycles. The lowest BCUT2D eigenvalue weighted by Gasteiger charge is -2.27. The van der Waals surface area contributed by atoms with E-state index >= 15 is 0 Å². The summed E-state index contributed by atoms with van der Waals surface area (Å²) in [6, 6.07) is 5.60. The van der Waals surface area contributed by atoms with Gasteiger partial charge in [-0.3, -0.25) is 0 Å². The van der Waals surface area contributed by atoms with E-state index in [1.165, 1.54) is 6.92 Å². The molecule has 1 radical (unpaired) electrons. The highest BCUT2D eigenvalue weighted by Crippen LogP contribution is 2.35. The first-order valence-electron chi connectivity index (χ1n) is 7.52. The Bertz CT molecular complexity index is 530. The minimum atomic E-state index is -1.72. The number of rotatable bonds is 5. The zero-order valence-electron chi connectivity index (χ0n) is 14.6. The Morgan fingerprint density at radius 3 is 2.27 bits per heavy atom. The predicted molar refractivity (Wildman–Crippen MR) is 89.5 cm³/mol. The van der Waals surface area contributed by atoms with Crippen LogP contribution in [-0.4, -0.2) is 26.7 Å². The largest absolute Gasteiger partial charge is 0.542 e. The van der Waals surface area contributed by atoms with Crippen LogP contribution in [0.2, 0.25) is 13.1 Å². The van der Waals surface area contributed by atoms with Crippen LogP contribution in [0.4, 0.5) is 0 Å². The van der Waals surface area contributed by atoms with Gasteiger partial charge in [0.1, 0.15) is 5.75 Å². The van der Waals surface area contributed by atoms with Crippen LogP contribution in [0.25, 0.3) is 0 Å². The third-order valence-electron chi connectivity index (χ3n) is 3.36. The summed E-state index contributed by atoms with van der Waals surface area (Å²) in [4.78, 5) is 12.1. The van der Waals surface area contributed by atoms with Crippen molar-refractivity contribution in [3.63, 3.8) is 0 Å². The Morgan fingerprint density at radius 2 is 1.82 bits per heavy atom. The van der Waals surface area contributed by atoms with Crippen LogP contribution >= 0.6 is 0 Å². The van der Waals surface area contributed by atoms with Gasteiger partial charge in [0.05, 0.1) is 6.61 Å². The number of ether oxygens (including phenoxy) is 1. The maximum atomic E-state index is 12.1. The van der Waals surface area contributed by atoms with Crippen LogP contribution in [0, 0.1) is 0 Å². The standard InChI is InChI=1S/C17H27O4Si/c1-8-20-15(18)17(5,19)13-10-9-12(16(2,3)4)11-14(13)21-22(6)7/h9-11,19H,8H2,1-7H3. The topological polar surface area (TPSA) is 55.8 Å². The molecule has 123 valence electrons. The molecule has 0 saturated heterocycles. The molecule has 1 atom stereocenters. The summed E-state index contributed by atoms with van der Waals surface area (Å²) < 4.78 is 10.9. The van der Waals surface area contributed by atoms with Gasteiger partial charge in [0.2, 0.25) is 0 Å². The maximum absolute atomic E-state index is 12.1. The van der Waals surface area contributed by atoms with Gasteiger partial charge in [0.25, 0.3) is 9.04 Å². The molecule has 0 heterocycles. The molecule has 1 rings (SSSR count). The van der Waals surface area contributed by atoms with Crippen molar-refractivity contribution in [3.8, 4) is 5.75 Å². The molecule has 0 bridgehead atoms. The Morgan fingerprint density at radius 1 is 1.23 bits per heavy atom. The molecule has 22 heavy (non-hydrogen) atoms. The number of benzene rings is 1. The quantitative estimate of drug-likeness (QED) is 0.666. The Labute approximate surface area is 135 Å². The predicted octanol–water partition coefficient (Wildman–Crippen LogP) is 3.38. The minimum absolute atomic E-state index is 0.0409. The summed E-state index contributed by atoms with van der Waals surface area (Å²) >= 11 is 0. The summed E-state index contributed by atoms with van der Waals surface area (Å²) in [5.41, 5.74) is -0.223. The highest BCUT2D eigenvalue weighted by atomic mass is 28.3. The Kier molecular flexibility index (Phi) is 5.81. The molecule has 0 saturated carbocycles. The van der Waals surface area contributed by atoms with E-state index < -0.39 is 20.6 Å². The van der Waals surface area contributed by atoms with Crippen molar-refractivity contribution in [3.05, 3.63) is 29.3 Å². The zero-order chi connectivity index (χ0) is 17.1. The summed E-state index contributed by atoms with van der Waals surface area (Å²) in [6.07, 6.45) is 0. The van der Waals surface area contributed by atoms with E-state index in [0.29, 0.717) is 11.3 Å². The third kappa shape index (κ3) is 4.33. The number of esters is 1. The molecule has 1 aromatic rings. The number of carbonyl (C=O) groups excluding carboxylic acids is 1. The van der Waals surface area contributed by atoms with Gasteiger partial charge in [0.15, 0.2) is 5.60 Å². The van der Waals surface area contributed by atoms with Crippen LogP contribution in [-0.2, 0) is 20.5 Å². The molecule has 0 spiro atoms.